The Hall–Kier alpha value is -4.08. The molecule has 0 bridgehead atoms. The van der Waals surface area contributed by atoms with Crippen LogP contribution in [0.1, 0.15) is 48.9 Å². The summed E-state index contributed by atoms with van der Waals surface area (Å²) >= 11 is 0.931. The quantitative estimate of drug-likeness (QED) is 0.360. The fourth-order valence-corrected chi connectivity index (χ4v) is 4.56. The maximum Gasteiger partial charge on any atom is 0.434 e. The Labute approximate surface area is 236 Å². The molecule has 3 aromatic rings. The van der Waals surface area contributed by atoms with Crippen molar-refractivity contribution in [2.24, 2.45) is 0 Å². The van der Waals surface area contributed by atoms with Crippen molar-refractivity contribution in [2.45, 2.75) is 58.2 Å². The van der Waals surface area contributed by atoms with Gasteiger partial charge in [0.2, 0.25) is 5.88 Å². The van der Waals surface area contributed by atoms with Gasteiger partial charge in [-0.2, -0.15) is 17.5 Å². The van der Waals surface area contributed by atoms with E-state index in [1.54, 1.807) is 27.7 Å². The first-order valence-electron chi connectivity index (χ1n) is 12.4. The third-order valence-corrected chi connectivity index (χ3v) is 6.53. The van der Waals surface area contributed by atoms with Gasteiger partial charge >= 0.3 is 12.3 Å². The summed E-state index contributed by atoms with van der Waals surface area (Å²) in [5, 5.41) is 5.70. The van der Waals surface area contributed by atoms with E-state index >= 15 is 0 Å². The van der Waals surface area contributed by atoms with Gasteiger partial charge in [0.1, 0.15) is 22.5 Å². The summed E-state index contributed by atoms with van der Waals surface area (Å²) in [4.78, 5) is 37.7. The molecule has 1 saturated heterocycles. The second kappa shape index (κ2) is 11.8. The van der Waals surface area contributed by atoms with Crippen LogP contribution in [0.5, 0.6) is 5.88 Å². The topological polar surface area (TPSA) is 131 Å². The Morgan fingerprint density at radius 3 is 2.44 bits per heavy atom. The Kier molecular flexibility index (Phi) is 8.60. The third-order valence-electron chi connectivity index (χ3n) is 5.67. The van der Waals surface area contributed by atoms with Crippen LogP contribution in [0.2, 0.25) is 0 Å². The largest absolute Gasteiger partial charge is 0.471 e. The molecule has 1 aliphatic heterocycles. The first kappa shape index (κ1) is 29.9. The Morgan fingerprint density at radius 2 is 1.85 bits per heavy atom. The molecule has 1 aliphatic rings. The lowest BCUT2D eigenvalue weighted by Gasteiger charge is -2.35. The summed E-state index contributed by atoms with van der Waals surface area (Å²) in [5.41, 5.74) is -0.975. The second-order valence-electron chi connectivity index (χ2n) is 10.1. The minimum atomic E-state index is -4.63. The molecule has 1 unspecified atom stereocenters. The average molecular weight is 598 g/mol. The Bertz CT molecular complexity index is 1380. The predicted octanol–water partition coefficient (Wildman–Crippen LogP) is 5.38. The number of nitrogens with zero attached hydrogens (tertiary/aromatic N) is 5. The van der Waals surface area contributed by atoms with Crippen molar-refractivity contribution in [3.63, 3.8) is 0 Å². The standard InChI is InChI=1S/C25H27F4N7O4S/c1-13-20(22(41-35-13)34-18-11-30-17(10-31-18)25(27,28)29)21(37)33-14-5-6-19(32-9-14)39-16-7-8-36(12-15(16)26)23(38)40-24(2,3)4/h5-6,9-11,15-16H,7-8,12H2,1-4H3,(H,31,34)(H,33,37)/t15-,16?/m0/s1. The zero-order valence-corrected chi connectivity index (χ0v) is 23.3. The van der Waals surface area contributed by atoms with Gasteiger partial charge in [0.25, 0.3) is 5.91 Å². The van der Waals surface area contributed by atoms with E-state index in [0.717, 1.165) is 17.7 Å². The van der Waals surface area contributed by atoms with Gasteiger partial charge in [-0.05, 0) is 45.3 Å². The number of aromatic nitrogens is 4. The molecule has 0 saturated carbocycles. The molecule has 0 radical (unpaired) electrons. The highest BCUT2D eigenvalue weighted by Crippen LogP contribution is 2.30. The smallest absolute Gasteiger partial charge is 0.434 e. The molecule has 0 aliphatic carbocycles. The van der Waals surface area contributed by atoms with Crippen LogP contribution in [0, 0.1) is 6.92 Å². The van der Waals surface area contributed by atoms with Crippen LogP contribution in [0.3, 0.4) is 0 Å². The molecule has 2 N–H and O–H groups in total. The fraction of sp³-hybridized carbons (Fsp3) is 0.440. The van der Waals surface area contributed by atoms with Gasteiger partial charge in [-0.1, -0.05) is 0 Å². The molecule has 11 nitrogen and oxygen atoms in total. The number of rotatable bonds is 6. The van der Waals surface area contributed by atoms with Gasteiger partial charge in [0.15, 0.2) is 11.9 Å². The normalized spacial score (nSPS) is 17.6. The highest BCUT2D eigenvalue weighted by atomic mass is 32.1. The number of hydrogen-bond acceptors (Lipinski definition) is 10. The third kappa shape index (κ3) is 7.77. The van der Waals surface area contributed by atoms with Crippen molar-refractivity contribution >= 4 is 40.0 Å². The monoisotopic (exact) mass is 597 g/mol. The van der Waals surface area contributed by atoms with E-state index < -0.39 is 41.7 Å². The van der Waals surface area contributed by atoms with Crippen LogP contribution < -0.4 is 15.4 Å². The summed E-state index contributed by atoms with van der Waals surface area (Å²) < 4.78 is 68.1. The minimum absolute atomic E-state index is 0.00182. The zero-order chi connectivity index (χ0) is 29.9. The number of carbonyl (C=O) groups is 2. The number of hydrogen-bond donors (Lipinski definition) is 2. The minimum Gasteiger partial charge on any atom is -0.471 e. The summed E-state index contributed by atoms with van der Waals surface area (Å²) in [6.45, 7) is 6.90. The predicted molar refractivity (Wildman–Crippen MR) is 141 cm³/mol. The van der Waals surface area contributed by atoms with Crippen molar-refractivity contribution in [3.8, 4) is 5.88 Å². The molecule has 3 aromatic heterocycles. The number of alkyl halides is 4. The summed E-state index contributed by atoms with van der Waals surface area (Å²) in [7, 11) is 0. The molecule has 0 aromatic carbocycles. The SMILES string of the molecule is Cc1nsc(Nc2cnc(C(F)(F)F)cn2)c1C(=O)Nc1ccc(OC2CCN(C(=O)OC(C)(C)C)C[C@@H]2F)nc1. The van der Waals surface area contributed by atoms with Gasteiger partial charge in [-0.3, -0.25) is 4.79 Å². The van der Waals surface area contributed by atoms with Crippen molar-refractivity contribution in [1.82, 2.24) is 24.2 Å². The van der Waals surface area contributed by atoms with Crippen molar-refractivity contribution in [3.05, 3.63) is 47.7 Å². The van der Waals surface area contributed by atoms with E-state index in [0.29, 0.717) is 17.6 Å². The molecule has 220 valence electrons. The van der Waals surface area contributed by atoms with Crippen LogP contribution in [0.15, 0.2) is 30.7 Å². The number of aryl methyl sites for hydroxylation is 1. The van der Waals surface area contributed by atoms with E-state index in [-0.39, 0.29) is 41.8 Å². The first-order valence-corrected chi connectivity index (χ1v) is 13.2. The van der Waals surface area contributed by atoms with Crippen LogP contribution in [-0.4, -0.2) is 67.2 Å². The van der Waals surface area contributed by atoms with Crippen LogP contribution >= 0.6 is 11.5 Å². The number of likely N-dealkylation sites (tertiary alicyclic amines) is 1. The molecule has 4 rings (SSSR count). The summed E-state index contributed by atoms with van der Waals surface area (Å²) in [6.07, 6.45) is -4.41. The zero-order valence-electron chi connectivity index (χ0n) is 22.5. The maximum atomic E-state index is 14.8. The summed E-state index contributed by atoms with van der Waals surface area (Å²) in [5.74, 6) is -0.410. The molecular formula is C25H27F4N7O4S. The van der Waals surface area contributed by atoms with Gasteiger partial charge < -0.3 is 25.0 Å². The van der Waals surface area contributed by atoms with E-state index in [1.807, 2.05) is 0 Å². The highest BCUT2D eigenvalue weighted by Gasteiger charge is 2.35. The molecule has 4 heterocycles. The second-order valence-corrected chi connectivity index (χ2v) is 10.9. The number of amides is 2. The first-order chi connectivity index (χ1) is 19.2. The van der Waals surface area contributed by atoms with Crippen molar-refractivity contribution in [2.75, 3.05) is 23.7 Å². The highest BCUT2D eigenvalue weighted by molar-refractivity contribution is 7.10. The molecule has 1 fully saturated rings. The maximum absolute atomic E-state index is 14.8. The average Bonchev–Trinajstić information content (AvgIpc) is 3.24. The molecule has 2 amide bonds. The van der Waals surface area contributed by atoms with E-state index in [1.165, 1.54) is 23.2 Å². The number of carbonyl (C=O) groups excluding carboxylic acids is 2. The number of ether oxygens (including phenoxy) is 2. The van der Waals surface area contributed by atoms with Crippen molar-refractivity contribution in [1.29, 1.82) is 0 Å². The Balaban J connectivity index is 1.34. The lowest BCUT2D eigenvalue weighted by Crippen LogP contribution is -2.50. The number of nitrogens with one attached hydrogen (secondary N) is 2. The van der Waals surface area contributed by atoms with Crippen LogP contribution in [0.25, 0.3) is 0 Å². The van der Waals surface area contributed by atoms with E-state index in [9.17, 15) is 27.2 Å². The molecular weight excluding hydrogens is 570 g/mol. The molecule has 41 heavy (non-hydrogen) atoms. The van der Waals surface area contributed by atoms with Gasteiger partial charge in [0, 0.05) is 19.0 Å². The van der Waals surface area contributed by atoms with E-state index in [4.69, 9.17) is 9.47 Å². The van der Waals surface area contributed by atoms with Crippen LogP contribution in [-0.2, 0) is 10.9 Å². The van der Waals surface area contributed by atoms with E-state index in [2.05, 4.69) is 30.0 Å². The molecule has 0 spiro atoms. The molecule has 2 atom stereocenters. The van der Waals surface area contributed by atoms with Gasteiger partial charge in [-0.15, -0.1) is 0 Å². The number of piperidine rings is 1. The number of pyridine rings is 1. The van der Waals surface area contributed by atoms with Crippen LogP contribution in [0.4, 0.5) is 38.9 Å². The number of anilines is 3. The summed E-state index contributed by atoms with van der Waals surface area (Å²) in [6, 6.07) is 2.99. The lowest BCUT2D eigenvalue weighted by molar-refractivity contribution is -0.141. The Morgan fingerprint density at radius 1 is 1.10 bits per heavy atom. The molecule has 16 heteroatoms. The lowest BCUT2D eigenvalue weighted by atomic mass is 10.1. The van der Waals surface area contributed by atoms with Gasteiger partial charge in [-0.25, -0.2) is 24.1 Å². The van der Waals surface area contributed by atoms with Crippen molar-refractivity contribution < 1.29 is 36.6 Å². The van der Waals surface area contributed by atoms with Gasteiger partial charge in [0.05, 0.1) is 42.1 Å². The number of halogens is 4. The fourth-order valence-electron chi connectivity index (χ4n) is 3.76.